The van der Waals surface area contributed by atoms with Crippen molar-refractivity contribution in [3.63, 3.8) is 0 Å². The number of thioether (sulfide) groups is 1. The third-order valence-electron chi connectivity index (χ3n) is 5.76. The summed E-state index contributed by atoms with van der Waals surface area (Å²) in [5, 5.41) is 19.7. The number of aryl methyl sites for hydroxylation is 2. The Labute approximate surface area is 214 Å². The van der Waals surface area contributed by atoms with Crippen LogP contribution in [0.4, 0.5) is 11.4 Å². The molecule has 7 nitrogen and oxygen atoms in total. The Morgan fingerprint density at radius 2 is 1.86 bits per heavy atom. The molecule has 1 unspecified atom stereocenters. The summed E-state index contributed by atoms with van der Waals surface area (Å²) in [4.78, 5) is 26.0. The van der Waals surface area contributed by atoms with E-state index in [0.717, 1.165) is 11.1 Å². The molecule has 1 atom stereocenters. The van der Waals surface area contributed by atoms with Gasteiger partial charge in [0.05, 0.1) is 40.2 Å². The summed E-state index contributed by atoms with van der Waals surface area (Å²) >= 11 is 1.21. The molecule has 0 fully saturated rings. The molecule has 4 rings (SSSR count). The van der Waals surface area contributed by atoms with Crippen molar-refractivity contribution in [2.45, 2.75) is 26.7 Å². The summed E-state index contributed by atoms with van der Waals surface area (Å²) in [6, 6.07) is 20.8. The number of hydrogen-bond acceptors (Lipinski definition) is 6. The highest BCUT2D eigenvalue weighted by atomic mass is 32.2. The Bertz CT molecular complexity index is 1400. The van der Waals surface area contributed by atoms with Crippen molar-refractivity contribution in [1.29, 1.82) is 5.26 Å². The van der Waals surface area contributed by atoms with Crippen molar-refractivity contribution in [3.8, 4) is 6.07 Å². The van der Waals surface area contributed by atoms with Gasteiger partial charge in [0.2, 0.25) is 5.91 Å². The third-order valence-corrected chi connectivity index (χ3v) is 6.78. The van der Waals surface area contributed by atoms with Crippen LogP contribution in [0.25, 0.3) is 0 Å². The molecule has 3 N–H and O–H groups in total. The maximum absolute atomic E-state index is 13.4. The van der Waals surface area contributed by atoms with E-state index in [1.54, 1.807) is 19.1 Å². The highest BCUT2D eigenvalue weighted by Gasteiger charge is 2.36. The highest BCUT2D eigenvalue weighted by molar-refractivity contribution is 8.03. The second-order valence-corrected chi connectivity index (χ2v) is 9.43. The van der Waals surface area contributed by atoms with Crippen molar-refractivity contribution in [3.05, 3.63) is 106 Å². The molecule has 2 amide bonds. The minimum Gasteiger partial charge on any atom is -0.468 e. The summed E-state index contributed by atoms with van der Waals surface area (Å²) < 4.78 is 5.66. The number of carbonyl (C=O) groups is 2. The third kappa shape index (κ3) is 5.53. The minimum absolute atomic E-state index is 0.0876. The second-order valence-electron chi connectivity index (χ2n) is 8.44. The molecule has 0 aliphatic carbocycles. The standard InChI is InChI=1S/C28H26N4O3S/c1-17-8-6-10-20(14-17)31-24(33)16-36-28-21(15-29)26(23-12-7-13-35-23)25(19(3)30-28)27(34)32-22-11-5-4-9-18(22)2/h4-14,26,30H,16H2,1-3H3,(H,31,33)(H,32,34). The van der Waals surface area contributed by atoms with Crippen molar-refractivity contribution in [1.82, 2.24) is 5.32 Å². The number of allylic oxidation sites excluding steroid dienone is 2. The van der Waals surface area contributed by atoms with Gasteiger partial charge in [-0.2, -0.15) is 5.26 Å². The average Bonchev–Trinajstić information content (AvgIpc) is 3.38. The van der Waals surface area contributed by atoms with Gasteiger partial charge in [0, 0.05) is 17.1 Å². The fraction of sp³-hybridized carbons (Fsp3) is 0.179. The predicted molar refractivity (Wildman–Crippen MR) is 142 cm³/mol. The Kier molecular flexibility index (Phi) is 7.62. The molecule has 0 saturated heterocycles. The fourth-order valence-corrected chi connectivity index (χ4v) is 4.92. The number of amides is 2. The molecule has 2 heterocycles. The Hall–Kier alpha value is -4.22. The Balaban J connectivity index is 1.59. The molecule has 0 spiro atoms. The lowest BCUT2D eigenvalue weighted by atomic mass is 9.85. The van der Waals surface area contributed by atoms with Gasteiger partial charge in [0.15, 0.2) is 0 Å². The number of para-hydroxylation sites is 1. The number of nitriles is 1. The topological polar surface area (TPSA) is 107 Å². The lowest BCUT2D eigenvalue weighted by Gasteiger charge is -2.28. The number of rotatable bonds is 7. The zero-order chi connectivity index (χ0) is 25.7. The van der Waals surface area contributed by atoms with E-state index in [1.165, 1.54) is 18.0 Å². The quantitative estimate of drug-likeness (QED) is 0.391. The first kappa shape index (κ1) is 24.9. The lowest BCUT2D eigenvalue weighted by Crippen LogP contribution is -2.31. The molecule has 3 aromatic rings. The van der Waals surface area contributed by atoms with Gasteiger partial charge in [-0.15, -0.1) is 0 Å². The van der Waals surface area contributed by atoms with Crippen LogP contribution in [-0.2, 0) is 9.59 Å². The summed E-state index contributed by atoms with van der Waals surface area (Å²) in [7, 11) is 0. The van der Waals surface area contributed by atoms with Crippen LogP contribution in [0, 0.1) is 25.2 Å². The van der Waals surface area contributed by atoms with Crippen LogP contribution in [-0.4, -0.2) is 17.6 Å². The normalized spacial score (nSPS) is 15.2. The summed E-state index contributed by atoms with van der Waals surface area (Å²) in [6.07, 6.45) is 1.51. The van der Waals surface area contributed by atoms with E-state index in [9.17, 15) is 14.9 Å². The first-order valence-corrected chi connectivity index (χ1v) is 12.4. The highest BCUT2D eigenvalue weighted by Crippen LogP contribution is 2.41. The fourth-order valence-electron chi connectivity index (χ4n) is 4.03. The van der Waals surface area contributed by atoms with E-state index in [2.05, 4.69) is 22.0 Å². The number of hydrogen-bond donors (Lipinski definition) is 3. The lowest BCUT2D eigenvalue weighted by molar-refractivity contribution is -0.114. The van der Waals surface area contributed by atoms with Gasteiger partial charge < -0.3 is 20.4 Å². The number of dihydropyridines is 1. The van der Waals surface area contributed by atoms with Crippen molar-refractivity contribution < 1.29 is 14.0 Å². The van der Waals surface area contributed by atoms with Gasteiger partial charge >= 0.3 is 0 Å². The van der Waals surface area contributed by atoms with Crippen LogP contribution in [0.5, 0.6) is 0 Å². The maximum Gasteiger partial charge on any atom is 0.254 e. The molecule has 0 saturated carbocycles. The van der Waals surface area contributed by atoms with Crippen LogP contribution in [0.3, 0.4) is 0 Å². The van der Waals surface area contributed by atoms with Gasteiger partial charge in [-0.1, -0.05) is 42.1 Å². The van der Waals surface area contributed by atoms with Gasteiger partial charge in [-0.05, 0) is 62.2 Å². The van der Waals surface area contributed by atoms with E-state index < -0.39 is 5.92 Å². The first-order valence-electron chi connectivity index (χ1n) is 11.4. The second kappa shape index (κ2) is 11.0. The van der Waals surface area contributed by atoms with Gasteiger partial charge in [-0.3, -0.25) is 9.59 Å². The minimum atomic E-state index is -0.711. The number of furan rings is 1. The number of anilines is 2. The monoisotopic (exact) mass is 498 g/mol. The average molecular weight is 499 g/mol. The number of nitrogens with one attached hydrogen (secondary N) is 3. The Morgan fingerprint density at radius 3 is 2.56 bits per heavy atom. The molecule has 0 bridgehead atoms. The van der Waals surface area contributed by atoms with E-state index >= 15 is 0 Å². The SMILES string of the molecule is CC1=C(C(=O)Nc2ccccc2C)C(c2ccco2)C(C#N)=C(SCC(=O)Nc2cccc(C)c2)N1. The van der Waals surface area contributed by atoms with E-state index in [0.29, 0.717) is 39.0 Å². The van der Waals surface area contributed by atoms with E-state index in [1.807, 2.05) is 62.4 Å². The van der Waals surface area contributed by atoms with Gasteiger partial charge in [0.1, 0.15) is 5.76 Å². The Morgan fingerprint density at radius 1 is 1.06 bits per heavy atom. The zero-order valence-corrected chi connectivity index (χ0v) is 21.0. The first-order chi connectivity index (χ1) is 17.4. The molecule has 2 aromatic carbocycles. The van der Waals surface area contributed by atoms with Crippen LogP contribution in [0.1, 0.15) is 29.7 Å². The van der Waals surface area contributed by atoms with Crippen molar-refractivity contribution in [2.24, 2.45) is 0 Å². The molecule has 182 valence electrons. The molecule has 1 aliphatic heterocycles. The van der Waals surface area contributed by atoms with Gasteiger partial charge in [-0.25, -0.2) is 0 Å². The van der Waals surface area contributed by atoms with Crippen molar-refractivity contribution >= 4 is 35.0 Å². The number of carbonyl (C=O) groups excluding carboxylic acids is 2. The van der Waals surface area contributed by atoms with Crippen LogP contribution in [0.2, 0.25) is 0 Å². The molecule has 1 aromatic heterocycles. The zero-order valence-electron chi connectivity index (χ0n) is 20.2. The summed E-state index contributed by atoms with van der Waals surface area (Å²) in [5.41, 5.74) is 4.67. The van der Waals surface area contributed by atoms with E-state index in [-0.39, 0.29) is 17.6 Å². The smallest absolute Gasteiger partial charge is 0.254 e. The number of benzene rings is 2. The summed E-state index contributed by atoms with van der Waals surface area (Å²) in [6.45, 7) is 5.65. The molecular formula is C28H26N4O3S. The number of nitrogens with zero attached hydrogens (tertiary/aromatic N) is 1. The van der Waals surface area contributed by atoms with Crippen LogP contribution in [0.15, 0.2) is 93.2 Å². The van der Waals surface area contributed by atoms with Gasteiger partial charge in [0.25, 0.3) is 5.91 Å². The molecular weight excluding hydrogens is 472 g/mol. The van der Waals surface area contributed by atoms with Crippen LogP contribution < -0.4 is 16.0 Å². The van der Waals surface area contributed by atoms with E-state index in [4.69, 9.17) is 4.42 Å². The predicted octanol–water partition coefficient (Wildman–Crippen LogP) is 5.60. The maximum atomic E-state index is 13.4. The largest absolute Gasteiger partial charge is 0.468 e. The van der Waals surface area contributed by atoms with Crippen LogP contribution >= 0.6 is 11.8 Å². The molecule has 36 heavy (non-hydrogen) atoms. The molecule has 0 radical (unpaired) electrons. The molecule has 8 heteroatoms. The molecule has 1 aliphatic rings. The summed E-state index contributed by atoms with van der Waals surface area (Å²) in [5.74, 6) is -0.673. The van der Waals surface area contributed by atoms with Crippen molar-refractivity contribution in [2.75, 3.05) is 16.4 Å².